The molecule has 2 aromatic rings. The van der Waals surface area contributed by atoms with Crippen LogP contribution in [-0.4, -0.2) is 29.8 Å². The van der Waals surface area contributed by atoms with Crippen molar-refractivity contribution in [1.29, 1.82) is 0 Å². The number of anilines is 1. The first-order valence-electron chi connectivity index (χ1n) is 7.62. The van der Waals surface area contributed by atoms with Gasteiger partial charge >= 0.3 is 0 Å². The van der Waals surface area contributed by atoms with E-state index in [4.69, 9.17) is 23.2 Å². The Labute approximate surface area is 151 Å². The zero-order valence-electron chi connectivity index (χ0n) is 13.5. The molecule has 2 aromatic carbocycles. The van der Waals surface area contributed by atoms with Gasteiger partial charge in [0.1, 0.15) is 0 Å². The molecule has 0 aliphatic carbocycles. The van der Waals surface area contributed by atoms with Crippen LogP contribution in [0.25, 0.3) is 0 Å². The van der Waals surface area contributed by atoms with Gasteiger partial charge in [-0.2, -0.15) is 0 Å². The smallest absolute Gasteiger partial charge is 0.257 e. The number of rotatable bonds is 5. The van der Waals surface area contributed by atoms with E-state index < -0.39 is 5.91 Å². The number of nitrogens with zero attached hydrogens (tertiary/aromatic N) is 1. The second-order valence-electron chi connectivity index (χ2n) is 5.10. The quantitative estimate of drug-likeness (QED) is 0.833. The van der Waals surface area contributed by atoms with Gasteiger partial charge in [0.2, 0.25) is 0 Å². The Bertz CT molecular complexity index is 758. The molecule has 2 amide bonds. The van der Waals surface area contributed by atoms with E-state index in [2.05, 4.69) is 5.32 Å². The number of hydrogen-bond donors (Lipinski definition) is 1. The molecule has 24 heavy (non-hydrogen) atoms. The molecule has 6 heteroatoms. The van der Waals surface area contributed by atoms with Gasteiger partial charge in [-0.25, -0.2) is 0 Å². The van der Waals surface area contributed by atoms with Gasteiger partial charge in [-0.1, -0.05) is 35.3 Å². The van der Waals surface area contributed by atoms with Gasteiger partial charge in [0.25, 0.3) is 11.8 Å². The molecule has 2 rings (SSSR count). The van der Waals surface area contributed by atoms with Crippen molar-refractivity contribution in [2.45, 2.75) is 13.8 Å². The van der Waals surface area contributed by atoms with Gasteiger partial charge in [-0.05, 0) is 44.2 Å². The molecule has 0 atom stereocenters. The molecule has 0 radical (unpaired) electrons. The number of hydrogen-bond acceptors (Lipinski definition) is 2. The molecule has 0 aliphatic rings. The Hall–Kier alpha value is -2.04. The first-order valence-corrected chi connectivity index (χ1v) is 8.38. The summed E-state index contributed by atoms with van der Waals surface area (Å²) in [6, 6.07) is 11.6. The first-order chi connectivity index (χ1) is 11.5. The SMILES string of the molecule is CCN(CC)C(=O)c1ccccc1NC(=O)c1ccc(Cl)cc1Cl. The van der Waals surface area contributed by atoms with E-state index in [-0.39, 0.29) is 10.9 Å². The fourth-order valence-electron chi connectivity index (χ4n) is 2.32. The Morgan fingerprint density at radius 1 is 1.00 bits per heavy atom. The van der Waals surface area contributed by atoms with Crippen molar-refractivity contribution in [2.75, 3.05) is 18.4 Å². The van der Waals surface area contributed by atoms with Crippen LogP contribution < -0.4 is 5.32 Å². The largest absolute Gasteiger partial charge is 0.339 e. The summed E-state index contributed by atoms with van der Waals surface area (Å²) in [4.78, 5) is 26.7. The number of halogens is 2. The number of carbonyl (C=O) groups is 2. The Morgan fingerprint density at radius 3 is 2.29 bits per heavy atom. The van der Waals surface area contributed by atoms with Crippen molar-refractivity contribution in [3.05, 3.63) is 63.6 Å². The Morgan fingerprint density at radius 2 is 1.67 bits per heavy atom. The highest BCUT2D eigenvalue weighted by Gasteiger charge is 2.18. The highest BCUT2D eigenvalue weighted by molar-refractivity contribution is 6.37. The van der Waals surface area contributed by atoms with Crippen molar-refractivity contribution in [2.24, 2.45) is 0 Å². The number of nitrogens with one attached hydrogen (secondary N) is 1. The van der Waals surface area contributed by atoms with E-state index in [1.54, 1.807) is 41.3 Å². The third kappa shape index (κ3) is 4.08. The van der Waals surface area contributed by atoms with Crippen LogP contribution in [0.2, 0.25) is 10.0 Å². The Kier molecular flexibility index (Phi) is 6.23. The first kappa shape index (κ1) is 18.3. The van der Waals surface area contributed by atoms with Crippen LogP contribution in [0.3, 0.4) is 0 Å². The average Bonchev–Trinajstić information content (AvgIpc) is 2.56. The molecule has 1 N–H and O–H groups in total. The van der Waals surface area contributed by atoms with Crippen LogP contribution in [0, 0.1) is 0 Å². The normalized spacial score (nSPS) is 10.3. The van der Waals surface area contributed by atoms with Crippen LogP contribution in [0.4, 0.5) is 5.69 Å². The van der Waals surface area contributed by atoms with Gasteiger partial charge in [0, 0.05) is 18.1 Å². The highest BCUT2D eigenvalue weighted by atomic mass is 35.5. The molecule has 0 aromatic heterocycles. The standard InChI is InChI=1S/C18H18Cl2N2O2/c1-3-22(4-2)18(24)14-7-5-6-8-16(14)21-17(23)13-10-9-12(19)11-15(13)20/h5-11H,3-4H2,1-2H3,(H,21,23). The summed E-state index contributed by atoms with van der Waals surface area (Å²) in [5.74, 6) is -0.519. The molecule has 0 saturated heterocycles. The fourth-order valence-corrected chi connectivity index (χ4v) is 2.82. The molecular formula is C18H18Cl2N2O2. The summed E-state index contributed by atoms with van der Waals surface area (Å²) in [6.07, 6.45) is 0. The Balaban J connectivity index is 2.30. The van der Waals surface area contributed by atoms with Gasteiger partial charge in [0.05, 0.1) is 21.8 Å². The molecular weight excluding hydrogens is 347 g/mol. The van der Waals surface area contributed by atoms with Crippen LogP contribution in [0.1, 0.15) is 34.6 Å². The highest BCUT2D eigenvalue weighted by Crippen LogP contribution is 2.23. The lowest BCUT2D eigenvalue weighted by Gasteiger charge is -2.20. The molecule has 0 bridgehead atoms. The zero-order valence-corrected chi connectivity index (χ0v) is 15.0. The van der Waals surface area contributed by atoms with Gasteiger partial charge in [-0.3, -0.25) is 9.59 Å². The third-order valence-corrected chi connectivity index (χ3v) is 4.18. The summed E-state index contributed by atoms with van der Waals surface area (Å²) in [5.41, 5.74) is 1.19. The zero-order chi connectivity index (χ0) is 17.7. The second kappa shape index (κ2) is 8.18. The molecule has 0 saturated carbocycles. The van der Waals surface area contributed by atoms with Crippen molar-refractivity contribution >= 4 is 40.7 Å². The number of para-hydroxylation sites is 1. The van der Waals surface area contributed by atoms with Gasteiger partial charge in [-0.15, -0.1) is 0 Å². The van der Waals surface area contributed by atoms with Crippen LogP contribution in [-0.2, 0) is 0 Å². The molecule has 0 unspecified atom stereocenters. The van der Waals surface area contributed by atoms with Gasteiger partial charge < -0.3 is 10.2 Å². The van der Waals surface area contributed by atoms with Crippen molar-refractivity contribution < 1.29 is 9.59 Å². The predicted octanol–water partition coefficient (Wildman–Crippen LogP) is 4.73. The molecule has 126 valence electrons. The second-order valence-corrected chi connectivity index (χ2v) is 5.94. The minimum atomic E-state index is -0.392. The molecule has 0 aliphatic heterocycles. The molecule has 4 nitrogen and oxygen atoms in total. The lowest BCUT2D eigenvalue weighted by molar-refractivity contribution is 0.0774. The van der Waals surface area contributed by atoms with Crippen molar-refractivity contribution in [1.82, 2.24) is 4.90 Å². The third-order valence-electron chi connectivity index (χ3n) is 3.63. The van der Waals surface area contributed by atoms with Crippen LogP contribution in [0.5, 0.6) is 0 Å². The lowest BCUT2D eigenvalue weighted by Crippen LogP contribution is -2.31. The maximum Gasteiger partial charge on any atom is 0.257 e. The summed E-state index contributed by atoms with van der Waals surface area (Å²) in [7, 11) is 0. The molecule has 0 heterocycles. The predicted molar refractivity (Wildman–Crippen MR) is 98.1 cm³/mol. The van der Waals surface area contributed by atoms with E-state index in [1.165, 1.54) is 6.07 Å². The van der Waals surface area contributed by atoms with E-state index in [0.29, 0.717) is 34.9 Å². The summed E-state index contributed by atoms with van der Waals surface area (Å²) in [5, 5.41) is 3.47. The van der Waals surface area contributed by atoms with E-state index in [1.807, 2.05) is 13.8 Å². The monoisotopic (exact) mass is 364 g/mol. The van der Waals surface area contributed by atoms with Crippen molar-refractivity contribution in [3.8, 4) is 0 Å². The number of benzene rings is 2. The minimum Gasteiger partial charge on any atom is -0.339 e. The topological polar surface area (TPSA) is 49.4 Å². The molecule has 0 spiro atoms. The lowest BCUT2D eigenvalue weighted by atomic mass is 10.1. The van der Waals surface area contributed by atoms with E-state index in [9.17, 15) is 9.59 Å². The van der Waals surface area contributed by atoms with Crippen molar-refractivity contribution in [3.63, 3.8) is 0 Å². The van der Waals surface area contributed by atoms with E-state index >= 15 is 0 Å². The minimum absolute atomic E-state index is 0.127. The van der Waals surface area contributed by atoms with Crippen LogP contribution >= 0.6 is 23.2 Å². The average molecular weight is 365 g/mol. The fraction of sp³-hybridized carbons (Fsp3) is 0.222. The van der Waals surface area contributed by atoms with E-state index in [0.717, 1.165) is 0 Å². The maximum atomic E-state index is 12.6. The number of amides is 2. The summed E-state index contributed by atoms with van der Waals surface area (Å²) >= 11 is 11.9. The summed E-state index contributed by atoms with van der Waals surface area (Å²) < 4.78 is 0. The number of carbonyl (C=O) groups excluding carboxylic acids is 2. The maximum absolute atomic E-state index is 12.6. The van der Waals surface area contributed by atoms with Gasteiger partial charge in [0.15, 0.2) is 0 Å². The molecule has 0 fully saturated rings. The van der Waals surface area contributed by atoms with Crippen LogP contribution in [0.15, 0.2) is 42.5 Å². The summed E-state index contributed by atoms with van der Waals surface area (Å²) in [6.45, 7) is 5.02.